The molecule has 0 rings (SSSR count). The summed E-state index contributed by atoms with van der Waals surface area (Å²) in [5.41, 5.74) is 0. The highest BCUT2D eigenvalue weighted by molar-refractivity contribution is 7.92. The number of hydrogen-bond donors (Lipinski definition) is 2. The lowest BCUT2D eigenvalue weighted by molar-refractivity contribution is 0.270. The summed E-state index contributed by atoms with van der Waals surface area (Å²) in [5, 5.41) is 11.7. The Morgan fingerprint density at radius 1 is 1.33 bits per heavy atom. The molecule has 0 aromatic rings. The van der Waals surface area contributed by atoms with Crippen molar-refractivity contribution in [1.82, 2.24) is 5.32 Å². The summed E-state index contributed by atoms with van der Waals surface area (Å²) in [6, 6.07) is 0.158. The van der Waals surface area contributed by atoms with Crippen LogP contribution < -0.4 is 5.32 Å². The van der Waals surface area contributed by atoms with E-state index in [4.69, 9.17) is 5.11 Å². The van der Waals surface area contributed by atoms with Crippen LogP contribution in [0.25, 0.3) is 0 Å². The summed E-state index contributed by atoms with van der Waals surface area (Å²) in [6.07, 6.45) is 0.648. The molecule has 0 aliphatic rings. The molecule has 2 N–H and O–H groups in total. The van der Waals surface area contributed by atoms with E-state index in [0.29, 0.717) is 13.0 Å². The lowest BCUT2D eigenvalue weighted by Gasteiger charge is -2.20. The number of sulfone groups is 1. The first-order valence-electron chi connectivity index (χ1n) is 5.27. The Balaban J connectivity index is 3.97. The summed E-state index contributed by atoms with van der Waals surface area (Å²) in [6.45, 7) is 7.62. The van der Waals surface area contributed by atoms with Gasteiger partial charge in [-0.15, -0.1) is 0 Å². The average molecular weight is 237 g/mol. The second-order valence-corrected chi connectivity index (χ2v) is 7.66. The monoisotopic (exact) mass is 237 g/mol. The molecule has 0 saturated carbocycles. The zero-order valence-corrected chi connectivity index (χ0v) is 10.9. The van der Waals surface area contributed by atoms with Crippen molar-refractivity contribution in [1.29, 1.82) is 0 Å². The van der Waals surface area contributed by atoms with Gasteiger partial charge in [-0.3, -0.25) is 0 Å². The molecule has 4 nitrogen and oxygen atoms in total. The minimum Gasteiger partial charge on any atom is -0.396 e. The van der Waals surface area contributed by atoms with Crippen molar-refractivity contribution < 1.29 is 13.5 Å². The fourth-order valence-corrected chi connectivity index (χ4v) is 2.04. The van der Waals surface area contributed by atoms with E-state index in [0.717, 1.165) is 0 Å². The third kappa shape index (κ3) is 5.49. The maximum absolute atomic E-state index is 11.7. The lowest BCUT2D eigenvalue weighted by atomic mass is 10.2. The fourth-order valence-electron chi connectivity index (χ4n) is 1.04. The van der Waals surface area contributed by atoms with Gasteiger partial charge in [0.15, 0.2) is 9.84 Å². The van der Waals surface area contributed by atoms with Crippen molar-refractivity contribution >= 4 is 9.84 Å². The Labute approximate surface area is 93.0 Å². The molecule has 0 aliphatic heterocycles. The lowest BCUT2D eigenvalue weighted by Crippen LogP contribution is -2.37. The van der Waals surface area contributed by atoms with E-state index in [1.807, 2.05) is 6.92 Å². The largest absolute Gasteiger partial charge is 0.396 e. The van der Waals surface area contributed by atoms with Crippen LogP contribution in [-0.2, 0) is 9.84 Å². The topological polar surface area (TPSA) is 66.4 Å². The Kier molecular flexibility index (Phi) is 5.77. The first-order chi connectivity index (χ1) is 6.70. The van der Waals surface area contributed by atoms with Gasteiger partial charge < -0.3 is 10.4 Å². The van der Waals surface area contributed by atoms with Crippen LogP contribution in [0.5, 0.6) is 0 Å². The number of nitrogens with one attached hydrogen (secondary N) is 1. The highest BCUT2D eigenvalue weighted by Crippen LogP contribution is 2.15. The van der Waals surface area contributed by atoms with Crippen LogP contribution in [-0.4, -0.2) is 43.2 Å². The van der Waals surface area contributed by atoms with Crippen LogP contribution in [0.2, 0.25) is 0 Å². The van der Waals surface area contributed by atoms with Gasteiger partial charge in [-0.2, -0.15) is 0 Å². The molecule has 0 saturated heterocycles. The van der Waals surface area contributed by atoms with Crippen molar-refractivity contribution in [2.75, 3.05) is 18.9 Å². The van der Waals surface area contributed by atoms with Crippen LogP contribution >= 0.6 is 0 Å². The van der Waals surface area contributed by atoms with E-state index in [-0.39, 0.29) is 18.4 Å². The van der Waals surface area contributed by atoms with Gasteiger partial charge in [0.25, 0.3) is 0 Å². The van der Waals surface area contributed by atoms with Crippen molar-refractivity contribution in [2.45, 2.75) is 44.9 Å². The first-order valence-corrected chi connectivity index (χ1v) is 6.92. The molecule has 0 aromatic carbocycles. The zero-order chi connectivity index (χ0) is 12.1. The van der Waals surface area contributed by atoms with Gasteiger partial charge in [-0.05, 0) is 34.1 Å². The highest BCUT2D eigenvalue weighted by Gasteiger charge is 2.28. The van der Waals surface area contributed by atoms with Crippen molar-refractivity contribution in [2.24, 2.45) is 0 Å². The molecule has 0 aliphatic carbocycles. The molecule has 0 spiro atoms. The smallest absolute Gasteiger partial charge is 0.156 e. The summed E-state index contributed by atoms with van der Waals surface area (Å²) < 4.78 is 22.7. The van der Waals surface area contributed by atoms with Crippen molar-refractivity contribution in [3.63, 3.8) is 0 Å². The van der Waals surface area contributed by atoms with E-state index in [2.05, 4.69) is 5.32 Å². The Hall–Kier alpha value is -0.130. The van der Waals surface area contributed by atoms with E-state index in [9.17, 15) is 8.42 Å². The van der Waals surface area contributed by atoms with Crippen LogP contribution in [0, 0.1) is 0 Å². The highest BCUT2D eigenvalue weighted by atomic mass is 32.2. The summed E-state index contributed by atoms with van der Waals surface area (Å²) in [4.78, 5) is 0. The molecule has 0 radical (unpaired) electrons. The number of aliphatic hydroxyl groups is 1. The van der Waals surface area contributed by atoms with Crippen LogP contribution in [0.3, 0.4) is 0 Å². The minimum atomic E-state index is -3.03. The molecule has 0 fully saturated rings. The molecule has 92 valence electrons. The van der Waals surface area contributed by atoms with Crippen LogP contribution in [0.15, 0.2) is 0 Å². The van der Waals surface area contributed by atoms with Crippen molar-refractivity contribution in [3.8, 4) is 0 Å². The summed E-state index contributed by atoms with van der Waals surface area (Å²) in [7, 11) is -3.03. The molecule has 5 heteroatoms. The molecule has 0 aromatic heterocycles. The van der Waals surface area contributed by atoms with E-state index in [1.54, 1.807) is 20.8 Å². The standard InChI is InChI=1S/C10H23NO3S/c1-9(5-7-12)11-6-8-15(13,14)10(2,3)4/h9,11-12H,5-8H2,1-4H3. The predicted octanol–water partition coefficient (Wildman–Crippen LogP) is 0.560. The number of aliphatic hydroxyl groups excluding tert-OH is 1. The van der Waals surface area contributed by atoms with E-state index < -0.39 is 14.6 Å². The SMILES string of the molecule is CC(CCO)NCCS(=O)(=O)C(C)(C)C. The molecular weight excluding hydrogens is 214 g/mol. The molecule has 0 bridgehead atoms. The molecule has 1 unspecified atom stereocenters. The first kappa shape index (κ1) is 14.9. The summed E-state index contributed by atoms with van der Waals surface area (Å²) >= 11 is 0. The Morgan fingerprint density at radius 2 is 1.87 bits per heavy atom. The van der Waals surface area contributed by atoms with Gasteiger partial charge in [0.2, 0.25) is 0 Å². The summed E-state index contributed by atoms with van der Waals surface area (Å²) in [5.74, 6) is 0.145. The minimum absolute atomic E-state index is 0.125. The Morgan fingerprint density at radius 3 is 2.27 bits per heavy atom. The average Bonchev–Trinajstić information content (AvgIpc) is 2.01. The third-order valence-electron chi connectivity index (χ3n) is 2.36. The van der Waals surface area contributed by atoms with Crippen LogP contribution in [0.4, 0.5) is 0 Å². The fraction of sp³-hybridized carbons (Fsp3) is 1.00. The molecule has 15 heavy (non-hydrogen) atoms. The molecule has 1 atom stereocenters. The van der Waals surface area contributed by atoms with Crippen molar-refractivity contribution in [3.05, 3.63) is 0 Å². The maximum Gasteiger partial charge on any atom is 0.156 e. The second-order valence-electron chi connectivity index (χ2n) is 4.80. The van der Waals surface area contributed by atoms with Gasteiger partial charge in [0, 0.05) is 19.2 Å². The van der Waals surface area contributed by atoms with Gasteiger partial charge in [0.1, 0.15) is 0 Å². The van der Waals surface area contributed by atoms with Gasteiger partial charge in [0.05, 0.1) is 10.5 Å². The zero-order valence-electron chi connectivity index (χ0n) is 10.1. The van der Waals surface area contributed by atoms with E-state index >= 15 is 0 Å². The molecule has 0 heterocycles. The predicted molar refractivity (Wildman–Crippen MR) is 62.7 cm³/mol. The number of hydrogen-bond acceptors (Lipinski definition) is 4. The van der Waals surface area contributed by atoms with E-state index in [1.165, 1.54) is 0 Å². The normalized spacial score (nSPS) is 15.3. The second kappa shape index (κ2) is 5.82. The van der Waals surface area contributed by atoms with Crippen LogP contribution in [0.1, 0.15) is 34.1 Å². The Bertz CT molecular complexity index is 267. The van der Waals surface area contributed by atoms with Gasteiger partial charge >= 0.3 is 0 Å². The maximum atomic E-state index is 11.7. The third-order valence-corrected chi connectivity index (χ3v) is 4.97. The molecular formula is C10H23NO3S. The molecule has 0 amide bonds. The quantitative estimate of drug-likeness (QED) is 0.708. The van der Waals surface area contributed by atoms with Gasteiger partial charge in [-0.25, -0.2) is 8.42 Å². The number of rotatable bonds is 6. The van der Waals surface area contributed by atoms with Gasteiger partial charge in [-0.1, -0.05) is 0 Å².